The van der Waals surface area contributed by atoms with Gasteiger partial charge in [0.2, 0.25) is 0 Å². The number of esters is 1. The second-order valence-electron chi connectivity index (χ2n) is 8.60. The van der Waals surface area contributed by atoms with Crippen molar-refractivity contribution < 1.29 is 19.4 Å². The van der Waals surface area contributed by atoms with Crippen LogP contribution in [-0.4, -0.2) is 45.6 Å². The number of fused-ring (bicyclic) bond motifs is 1. The molecule has 1 fully saturated rings. The first-order valence-electron chi connectivity index (χ1n) is 10.0. The fourth-order valence-electron chi connectivity index (χ4n) is 3.96. The maximum Gasteiger partial charge on any atom is 0.308 e. The molecule has 1 aromatic carbocycles. The second kappa shape index (κ2) is 8.35. The topological polar surface area (TPSA) is 82.6 Å². The number of carboxylic acids is 1. The Labute approximate surface area is 165 Å². The molecule has 2 N–H and O–H groups in total. The van der Waals surface area contributed by atoms with Gasteiger partial charge in [0.15, 0.2) is 0 Å². The molecule has 1 unspecified atom stereocenters. The van der Waals surface area contributed by atoms with Crippen molar-refractivity contribution in [3.05, 3.63) is 35.5 Å². The summed E-state index contributed by atoms with van der Waals surface area (Å²) in [7, 11) is 0. The predicted octanol–water partition coefficient (Wildman–Crippen LogP) is 4.05. The van der Waals surface area contributed by atoms with Crippen LogP contribution in [-0.2, 0) is 20.7 Å². The van der Waals surface area contributed by atoms with Crippen molar-refractivity contribution in [2.75, 3.05) is 13.1 Å². The quantitative estimate of drug-likeness (QED) is 0.732. The van der Waals surface area contributed by atoms with Crippen LogP contribution in [0.1, 0.15) is 63.6 Å². The molecule has 28 heavy (non-hydrogen) atoms. The van der Waals surface area contributed by atoms with Crippen LogP contribution in [0.15, 0.2) is 24.4 Å². The van der Waals surface area contributed by atoms with Gasteiger partial charge in [-0.05, 0) is 70.0 Å². The normalized spacial score (nSPS) is 16.8. The summed E-state index contributed by atoms with van der Waals surface area (Å²) in [6, 6.07) is 5.60. The van der Waals surface area contributed by atoms with Crippen LogP contribution < -0.4 is 0 Å². The predicted molar refractivity (Wildman–Crippen MR) is 108 cm³/mol. The molecule has 1 aliphatic rings. The van der Waals surface area contributed by atoms with E-state index in [1.165, 1.54) is 6.42 Å². The number of ether oxygens (including phenoxy) is 1. The van der Waals surface area contributed by atoms with E-state index < -0.39 is 11.6 Å². The molecule has 152 valence electrons. The number of nitrogens with one attached hydrogen (secondary N) is 1. The van der Waals surface area contributed by atoms with Gasteiger partial charge in [-0.25, -0.2) is 0 Å². The van der Waals surface area contributed by atoms with Crippen LogP contribution in [0.2, 0.25) is 0 Å². The Hall–Kier alpha value is -2.34. The van der Waals surface area contributed by atoms with Crippen LogP contribution in [0.4, 0.5) is 0 Å². The van der Waals surface area contributed by atoms with Crippen LogP contribution >= 0.6 is 0 Å². The number of hydrogen-bond acceptors (Lipinski definition) is 4. The molecule has 0 spiro atoms. The first kappa shape index (κ1) is 20.4. The summed E-state index contributed by atoms with van der Waals surface area (Å²) < 4.78 is 5.59. The van der Waals surface area contributed by atoms with Crippen LogP contribution in [0.3, 0.4) is 0 Å². The molecule has 6 nitrogen and oxygen atoms in total. The number of carboxylic acid groups (broad SMARTS) is 1. The minimum atomic E-state index is -0.849. The number of H-pyrrole nitrogens is 1. The zero-order chi connectivity index (χ0) is 20.3. The average molecular weight is 386 g/mol. The maximum atomic E-state index is 12.6. The molecule has 2 heterocycles. The van der Waals surface area contributed by atoms with Gasteiger partial charge in [0.1, 0.15) is 5.60 Å². The van der Waals surface area contributed by atoms with E-state index in [-0.39, 0.29) is 24.9 Å². The highest BCUT2D eigenvalue weighted by Crippen LogP contribution is 2.34. The molecular weight excluding hydrogens is 356 g/mol. The van der Waals surface area contributed by atoms with Gasteiger partial charge in [0.05, 0.1) is 12.8 Å². The lowest BCUT2D eigenvalue weighted by Crippen LogP contribution is -2.36. The summed E-state index contributed by atoms with van der Waals surface area (Å²) in [5.41, 5.74) is 2.24. The minimum Gasteiger partial charge on any atom is -0.481 e. The Morgan fingerprint density at radius 3 is 2.57 bits per heavy atom. The molecule has 0 saturated carbocycles. The molecule has 2 aromatic rings. The number of carbonyl (C=O) groups is 2. The Kier molecular flexibility index (Phi) is 6.08. The number of rotatable bonds is 6. The van der Waals surface area contributed by atoms with Gasteiger partial charge >= 0.3 is 11.9 Å². The number of hydrogen-bond donors (Lipinski definition) is 2. The van der Waals surface area contributed by atoms with E-state index in [2.05, 4.69) is 9.88 Å². The molecule has 3 rings (SSSR count). The van der Waals surface area contributed by atoms with Crippen LogP contribution in [0, 0.1) is 0 Å². The smallest absolute Gasteiger partial charge is 0.308 e. The van der Waals surface area contributed by atoms with Gasteiger partial charge < -0.3 is 14.8 Å². The molecule has 0 aliphatic carbocycles. The lowest BCUT2D eigenvalue weighted by Gasteiger charge is -2.34. The summed E-state index contributed by atoms with van der Waals surface area (Å²) in [5, 5.41) is 10.1. The van der Waals surface area contributed by atoms with E-state index >= 15 is 0 Å². The van der Waals surface area contributed by atoms with Crippen molar-refractivity contribution in [3.63, 3.8) is 0 Å². The average Bonchev–Trinajstić information content (AvgIpc) is 3.01. The number of nitrogens with zero attached hydrogens (tertiary/aromatic N) is 1. The summed E-state index contributed by atoms with van der Waals surface area (Å²) in [4.78, 5) is 29.4. The summed E-state index contributed by atoms with van der Waals surface area (Å²) >= 11 is 0. The Morgan fingerprint density at radius 1 is 1.21 bits per heavy atom. The molecule has 1 aliphatic heterocycles. The van der Waals surface area contributed by atoms with E-state index in [4.69, 9.17) is 9.84 Å². The van der Waals surface area contributed by atoms with E-state index in [1.54, 1.807) is 0 Å². The van der Waals surface area contributed by atoms with Gasteiger partial charge in [0, 0.05) is 23.1 Å². The van der Waals surface area contributed by atoms with Gasteiger partial charge in [-0.15, -0.1) is 0 Å². The van der Waals surface area contributed by atoms with Crippen molar-refractivity contribution in [2.24, 2.45) is 0 Å². The van der Waals surface area contributed by atoms with E-state index in [1.807, 2.05) is 45.2 Å². The van der Waals surface area contributed by atoms with Crippen LogP contribution in [0.5, 0.6) is 0 Å². The number of aromatic amines is 1. The first-order valence-corrected chi connectivity index (χ1v) is 10.0. The Balaban J connectivity index is 1.94. The lowest BCUT2D eigenvalue weighted by molar-refractivity contribution is -0.156. The number of carbonyl (C=O) groups excluding carboxylic acids is 1. The number of aliphatic carboxylic acids is 1. The fraction of sp³-hybridized carbons (Fsp3) is 0.545. The van der Waals surface area contributed by atoms with Gasteiger partial charge in [-0.2, -0.15) is 0 Å². The Bertz CT molecular complexity index is 844. The first-order chi connectivity index (χ1) is 13.2. The molecule has 1 aromatic heterocycles. The SMILES string of the molecule is CC(C)(C)OC(=O)CC(c1c[nH]c2ccc(CC(=O)O)cc12)N1CCCCC1. The highest BCUT2D eigenvalue weighted by molar-refractivity contribution is 5.86. The molecule has 1 saturated heterocycles. The second-order valence-corrected chi connectivity index (χ2v) is 8.60. The van der Waals surface area contributed by atoms with E-state index in [9.17, 15) is 9.59 Å². The highest BCUT2D eigenvalue weighted by Gasteiger charge is 2.29. The van der Waals surface area contributed by atoms with E-state index in [0.717, 1.165) is 48.0 Å². The van der Waals surface area contributed by atoms with Crippen molar-refractivity contribution in [1.82, 2.24) is 9.88 Å². The summed E-state index contributed by atoms with van der Waals surface area (Å²) in [5.74, 6) is -1.06. The lowest BCUT2D eigenvalue weighted by atomic mass is 9.97. The number of benzene rings is 1. The zero-order valence-electron chi connectivity index (χ0n) is 17.0. The Morgan fingerprint density at radius 2 is 1.93 bits per heavy atom. The molecular formula is C22H30N2O4. The van der Waals surface area contributed by atoms with Crippen molar-refractivity contribution in [1.29, 1.82) is 0 Å². The molecule has 0 bridgehead atoms. The number of piperidine rings is 1. The van der Waals surface area contributed by atoms with Gasteiger partial charge in [0.25, 0.3) is 0 Å². The molecule has 6 heteroatoms. The highest BCUT2D eigenvalue weighted by atomic mass is 16.6. The molecule has 0 amide bonds. The third kappa shape index (κ3) is 5.13. The monoisotopic (exact) mass is 386 g/mol. The summed E-state index contributed by atoms with van der Waals surface area (Å²) in [6.07, 6.45) is 5.69. The molecule has 1 atom stereocenters. The van der Waals surface area contributed by atoms with Gasteiger partial charge in [-0.3, -0.25) is 14.5 Å². The number of likely N-dealkylation sites (tertiary alicyclic amines) is 1. The van der Waals surface area contributed by atoms with E-state index in [0.29, 0.717) is 0 Å². The van der Waals surface area contributed by atoms with Crippen molar-refractivity contribution in [3.8, 4) is 0 Å². The largest absolute Gasteiger partial charge is 0.481 e. The minimum absolute atomic E-state index is 0.0129. The van der Waals surface area contributed by atoms with Gasteiger partial charge in [-0.1, -0.05) is 12.5 Å². The third-order valence-corrected chi connectivity index (χ3v) is 5.10. The summed E-state index contributed by atoms with van der Waals surface area (Å²) in [6.45, 7) is 7.55. The number of aromatic nitrogens is 1. The van der Waals surface area contributed by atoms with Crippen molar-refractivity contribution in [2.45, 2.75) is 64.5 Å². The van der Waals surface area contributed by atoms with Crippen LogP contribution in [0.25, 0.3) is 10.9 Å². The fourth-order valence-corrected chi connectivity index (χ4v) is 3.96. The maximum absolute atomic E-state index is 12.6. The third-order valence-electron chi connectivity index (χ3n) is 5.10. The zero-order valence-corrected chi connectivity index (χ0v) is 17.0. The standard InChI is InChI=1S/C22H30N2O4/c1-22(2,3)28-21(27)13-19(24-9-5-4-6-10-24)17-14-23-18-8-7-15(11-16(17)18)12-20(25)26/h7-8,11,14,19,23H,4-6,9-10,12-13H2,1-3H3,(H,25,26). The molecule has 0 radical (unpaired) electrons. The van der Waals surface area contributed by atoms with Crippen molar-refractivity contribution >= 4 is 22.8 Å².